The fourth-order valence-electron chi connectivity index (χ4n) is 2.82. The molecule has 2 rings (SSSR count). The largest absolute Gasteiger partial charge is 0.309 e. The Balaban J connectivity index is 2.23. The molecule has 0 aromatic carbocycles. The van der Waals surface area contributed by atoms with Gasteiger partial charge < -0.3 is 4.57 Å². The van der Waals surface area contributed by atoms with Crippen LogP contribution in [0.1, 0.15) is 58.1 Å². The first-order valence-electron chi connectivity index (χ1n) is 6.52. The molecule has 3 nitrogen and oxygen atoms in total. The Kier molecular flexibility index (Phi) is 3.91. The summed E-state index contributed by atoms with van der Waals surface area (Å²) in [5, 5.41) is 9.49. The summed E-state index contributed by atoms with van der Waals surface area (Å²) in [6.45, 7) is 6.67. The summed E-state index contributed by atoms with van der Waals surface area (Å²) in [5.41, 5.74) is 0.0700. The highest BCUT2D eigenvalue weighted by Gasteiger charge is 2.25. The van der Waals surface area contributed by atoms with E-state index in [0.29, 0.717) is 0 Å². The smallest absolute Gasteiger partial charge is 0.144 e. The monoisotopic (exact) mass is 299 g/mol. The molecule has 96 valence electrons. The van der Waals surface area contributed by atoms with Crippen molar-refractivity contribution in [2.24, 2.45) is 5.92 Å². The third-order valence-corrected chi connectivity index (χ3v) is 4.03. The molecule has 0 saturated heterocycles. The minimum Gasteiger partial charge on any atom is -0.309 e. The van der Waals surface area contributed by atoms with Crippen LogP contribution in [0.25, 0.3) is 0 Å². The van der Waals surface area contributed by atoms with Gasteiger partial charge in [-0.05, 0) is 26.7 Å². The molecule has 0 unspecified atom stereocenters. The Labute approximate surface area is 112 Å². The van der Waals surface area contributed by atoms with Crippen LogP contribution in [-0.2, 0) is 17.3 Å². The minimum atomic E-state index is 0.0700. The number of alkyl halides is 1. The van der Waals surface area contributed by atoms with E-state index in [1.807, 2.05) is 0 Å². The molecule has 4 heteroatoms. The van der Waals surface area contributed by atoms with E-state index in [-0.39, 0.29) is 5.54 Å². The zero-order chi connectivity index (χ0) is 12.5. The average Bonchev–Trinajstić information content (AvgIpc) is 2.85. The highest BCUT2D eigenvalue weighted by atomic mass is 79.9. The van der Waals surface area contributed by atoms with Gasteiger partial charge in [0.1, 0.15) is 11.6 Å². The summed E-state index contributed by atoms with van der Waals surface area (Å²) >= 11 is 3.50. The number of rotatable bonds is 3. The van der Waals surface area contributed by atoms with E-state index in [2.05, 4.69) is 51.5 Å². The van der Waals surface area contributed by atoms with Gasteiger partial charge in [-0.15, -0.1) is 10.2 Å². The van der Waals surface area contributed by atoms with E-state index in [1.54, 1.807) is 0 Å². The Morgan fingerprint density at radius 3 is 2.29 bits per heavy atom. The van der Waals surface area contributed by atoms with Gasteiger partial charge in [-0.2, -0.15) is 0 Å². The lowest BCUT2D eigenvalue weighted by Gasteiger charge is -2.25. The van der Waals surface area contributed by atoms with E-state index >= 15 is 0 Å². The van der Waals surface area contributed by atoms with E-state index in [4.69, 9.17) is 0 Å². The number of halogens is 1. The zero-order valence-electron chi connectivity index (χ0n) is 11.0. The first-order valence-corrected chi connectivity index (χ1v) is 7.64. The molecule has 1 aromatic rings. The van der Waals surface area contributed by atoms with Gasteiger partial charge in [0.05, 0.1) is 5.33 Å². The van der Waals surface area contributed by atoms with Crippen LogP contribution in [0, 0.1) is 5.92 Å². The van der Waals surface area contributed by atoms with Gasteiger partial charge in [0.25, 0.3) is 0 Å². The summed E-state index contributed by atoms with van der Waals surface area (Å²) in [7, 11) is 0. The molecule has 0 atom stereocenters. The molecule has 0 bridgehead atoms. The first-order chi connectivity index (χ1) is 8.02. The lowest BCUT2D eigenvalue weighted by atomic mass is 10.0. The van der Waals surface area contributed by atoms with Gasteiger partial charge in [-0.3, -0.25) is 0 Å². The van der Waals surface area contributed by atoms with E-state index in [0.717, 1.165) is 23.5 Å². The lowest BCUT2D eigenvalue weighted by Crippen LogP contribution is -2.26. The Morgan fingerprint density at radius 1 is 1.18 bits per heavy atom. The number of hydrogen-bond acceptors (Lipinski definition) is 2. The number of aromatic nitrogens is 3. The topological polar surface area (TPSA) is 30.7 Å². The Bertz CT molecular complexity index is 373. The van der Waals surface area contributed by atoms with Crippen LogP contribution in [0.2, 0.25) is 0 Å². The van der Waals surface area contributed by atoms with Gasteiger partial charge in [-0.1, -0.05) is 41.6 Å². The predicted octanol–water partition coefficient (Wildman–Crippen LogP) is 3.66. The molecule has 1 aromatic heterocycles. The molecule has 0 amide bonds. The van der Waals surface area contributed by atoms with Crippen molar-refractivity contribution in [1.29, 1.82) is 0 Å². The van der Waals surface area contributed by atoms with Crippen LogP contribution in [0.4, 0.5) is 0 Å². The van der Waals surface area contributed by atoms with Crippen molar-refractivity contribution >= 4 is 15.9 Å². The molecule has 1 heterocycles. The van der Waals surface area contributed by atoms with Crippen LogP contribution >= 0.6 is 15.9 Å². The van der Waals surface area contributed by atoms with Gasteiger partial charge in [0, 0.05) is 12.0 Å². The maximum atomic E-state index is 4.40. The molecule has 1 saturated carbocycles. The van der Waals surface area contributed by atoms with Crippen molar-refractivity contribution < 1.29 is 0 Å². The molecule has 1 aliphatic carbocycles. The fourth-order valence-corrected chi connectivity index (χ4v) is 3.18. The molecular weight excluding hydrogens is 278 g/mol. The summed E-state index contributed by atoms with van der Waals surface area (Å²) in [6.07, 6.45) is 6.60. The molecule has 17 heavy (non-hydrogen) atoms. The number of nitrogens with zero attached hydrogens (tertiary/aromatic N) is 3. The Hall–Kier alpha value is -0.380. The third-order valence-electron chi connectivity index (χ3n) is 3.53. The van der Waals surface area contributed by atoms with Crippen LogP contribution < -0.4 is 0 Å². The van der Waals surface area contributed by atoms with Gasteiger partial charge >= 0.3 is 0 Å². The maximum Gasteiger partial charge on any atom is 0.144 e. The third kappa shape index (κ3) is 2.90. The second-order valence-corrected chi connectivity index (χ2v) is 6.59. The summed E-state index contributed by atoms with van der Waals surface area (Å²) < 4.78 is 2.31. The molecule has 0 radical (unpaired) electrons. The summed E-state index contributed by atoms with van der Waals surface area (Å²) in [5.74, 6) is 3.04. The quantitative estimate of drug-likeness (QED) is 0.798. The normalized spacial score (nSPS) is 17.9. The van der Waals surface area contributed by atoms with Crippen molar-refractivity contribution in [3.05, 3.63) is 11.6 Å². The SMILES string of the molecule is CC(C)(C)n1c(CBr)nnc1CC1CCCC1. The standard InChI is InChI=1S/C13H22BrN3/c1-13(2,3)17-11(15-16-12(17)9-14)8-10-6-4-5-7-10/h10H,4-9H2,1-3H3. The van der Waals surface area contributed by atoms with Crippen molar-refractivity contribution in [3.8, 4) is 0 Å². The van der Waals surface area contributed by atoms with Gasteiger partial charge in [-0.25, -0.2) is 0 Å². The van der Waals surface area contributed by atoms with E-state index in [1.165, 1.54) is 31.5 Å². The Morgan fingerprint density at radius 2 is 1.76 bits per heavy atom. The second kappa shape index (κ2) is 5.09. The number of hydrogen-bond donors (Lipinski definition) is 0. The highest BCUT2D eigenvalue weighted by molar-refractivity contribution is 9.08. The van der Waals surface area contributed by atoms with Crippen LogP contribution in [-0.4, -0.2) is 14.8 Å². The van der Waals surface area contributed by atoms with Gasteiger partial charge in [0.2, 0.25) is 0 Å². The molecule has 1 fully saturated rings. The molecular formula is C13H22BrN3. The first kappa shape index (κ1) is 13.1. The molecule has 0 spiro atoms. The average molecular weight is 300 g/mol. The van der Waals surface area contributed by atoms with Crippen molar-refractivity contribution in [1.82, 2.24) is 14.8 Å². The highest BCUT2D eigenvalue weighted by Crippen LogP contribution is 2.29. The van der Waals surface area contributed by atoms with Gasteiger partial charge in [0.15, 0.2) is 0 Å². The van der Waals surface area contributed by atoms with E-state index < -0.39 is 0 Å². The lowest BCUT2D eigenvalue weighted by molar-refractivity contribution is 0.362. The fraction of sp³-hybridized carbons (Fsp3) is 0.846. The zero-order valence-corrected chi connectivity index (χ0v) is 12.6. The second-order valence-electron chi connectivity index (χ2n) is 6.03. The van der Waals surface area contributed by atoms with Crippen molar-refractivity contribution in [3.63, 3.8) is 0 Å². The predicted molar refractivity (Wildman–Crippen MR) is 73.3 cm³/mol. The summed E-state index contributed by atoms with van der Waals surface area (Å²) in [4.78, 5) is 0. The maximum absolute atomic E-state index is 4.40. The van der Waals surface area contributed by atoms with E-state index in [9.17, 15) is 0 Å². The molecule has 0 N–H and O–H groups in total. The van der Waals surface area contributed by atoms with Crippen LogP contribution in [0.15, 0.2) is 0 Å². The summed E-state index contributed by atoms with van der Waals surface area (Å²) in [6, 6.07) is 0. The van der Waals surface area contributed by atoms with Crippen LogP contribution in [0.3, 0.4) is 0 Å². The van der Waals surface area contributed by atoms with Crippen molar-refractivity contribution in [2.45, 2.75) is 63.7 Å². The van der Waals surface area contributed by atoms with Crippen molar-refractivity contribution in [2.75, 3.05) is 0 Å². The van der Waals surface area contributed by atoms with Crippen LogP contribution in [0.5, 0.6) is 0 Å². The molecule has 0 aliphatic heterocycles. The molecule has 1 aliphatic rings. The minimum absolute atomic E-state index is 0.0700.